The second-order valence-electron chi connectivity index (χ2n) is 6.91. The molecule has 2 N–H and O–H groups in total. The van der Waals surface area contributed by atoms with Gasteiger partial charge in [-0.2, -0.15) is 0 Å². The Balaban J connectivity index is 1.57. The molecule has 0 unspecified atom stereocenters. The first-order chi connectivity index (χ1) is 10.6. The van der Waals surface area contributed by atoms with Crippen molar-refractivity contribution in [3.63, 3.8) is 0 Å². The van der Waals surface area contributed by atoms with Gasteiger partial charge in [-0.05, 0) is 51.5 Å². The van der Waals surface area contributed by atoms with Crippen molar-refractivity contribution >= 4 is 11.9 Å². The number of carboxylic acid groups (broad SMARTS) is 1. The zero-order chi connectivity index (χ0) is 15.6. The average Bonchev–Trinajstić information content (AvgIpc) is 2.51. The van der Waals surface area contributed by atoms with Gasteiger partial charge in [-0.25, -0.2) is 4.79 Å². The second-order valence-corrected chi connectivity index (χ2v) is 6.91. The number of carbonyl (C=O) groups is 2. The quantitative estimate of drug-likeness (QED) is 0.810. The van der Waals surface area contributed by atoms with Gasteiger partial charge in [-0.15, -0.1) is 0 Å². The zero-order valence-corrected chi connectivity index (χ0v) is 13.1. The monoisotopic (exact) mass is 310 g/mol. The first kappa shape index (κ1) is 15.7. The van der Waals surface area contributed by atoms with E-state index in [-0.39, 0.29) is 11.8 Å². The van der Waals surface area contributed by atoms with E-state index in [0.29, 0.717) is 18.9 Å². The van der Waals surface area contributed by atoms with Gasteiger partial charge in [0, 0.05) is 25.8 Å². The Morgan fingerprint density at radius 3 is 2.45 bits per heavy atom. The molecule has 1 saturated carbocycles. The Morgan fingerprint density at radius 1 is 1.14 bits per heavy atom. The molecule has 3 fully saturated rings. The topological polar surface area (TPSA) is 78.9 Å². The third-order valence-corrected chi connectivity index (χ3v) is 5.51. The van der Waals surface area contributed by atoms with E-state index in [9.17, 15) is 14.7 Å². The minimum atomic E-state index is -0.988. The van der Waals surface area contributed by atoms with E-state index in [4.69, 9.17) is 4.74 Å². The zero-order valence-electron chi connectivity index (χ0n) is 13.1. The van der Waals surface area contributed by atoms with Crippen molar-refractivity contribution in [1.82, 2.24) is 10.2 Å². The van der Waals surface area contributed by atoms with Crippen molar-refractivity contribution in [2.24, 2.45) is 5.92 Å². The number of likely N-dealkylation sites (tertiary alicyclic amines) is 1. The number of hydrogen-bond donors (Lipinski definition) is 2. The van der Waals surface area contributed by atoms with E-state index in [1.807, 2.05) is 0 Å². The lowest BCUT2D eigenvalue weighted by Gasteiger charge is -2.42. The lowest BCUT2D eigenvalue weighted by atomic mass is 9.76. The molecular weight excluding hydrogens is 284 g/mol. The molecule has 2 saturated heterocycles. The first-order valence-electron chi connectivity index (χ1n) is 8.48. The minimum absolute atomic E-state index is 0.0705. The van der Waals surface area contributed by atoms with Crippen LogP contribution in [-0.2, 0) is 14.3 Å². The fourth-order valence-corrected chi connectivity index (χ4v) is 3.86. The van der Waals surface area contributed by atoms with E-state index in [1.165, 1.54) is 0 Å². The number of carbonyl (C=O) groups excluding carboxylic acids is 1. The van der Waals surface area contributed by atoms with Crippen molar-refractivity contribution in [3.05, 3.63) is 0 Å². The number of rotatable bonds is 4. The van der Waals surface area contributed by atoms with Gasteiger partial charge in [0.05, 0.1) is 5.92 Å². The fourth-order valence-electron chi connectivity index (χ4n) is 3.86. The number of nitrogens with one attached hydrogen (secondary N) is 1. The van der Waals surface area contributed by atoms with Crippen LogP contribution in [0.25, 0.3) is 0 Å². The summed E-state index contributed by atoms with van der Waals surface area (Å²) in [7, 11) is 0. The van der Waals surface area contributed by atoms with Crippen LogP contribution in [0.5, 0.6) is 0 Å². The van der Waals surface area contributed by atoms with E-state index in [1.54, 1.807) is 0 Å². The van der Waals surface area contributed by atoms with Gasteiger partial charge < -0.3 is 15.2 Å². The molecular formula is C16H26N2O4. The van der Waals surface area contributed by atoms with Crippen molar-refractivity contribution in [2.75, 3.05) is 26.3 Å². The molecule has 0 aromatic carbocycles. The van der Waals surface area contributed by atoms with E-state index in [2.05, 4.69) is 10.2 Å². The smallest absolute Gasteiger partial charge is 0.329 e. The number of carboxylic acids is 1. The summed E-state index contributed by atoms with van der Waals surface area (Å²) in [6.07, 6.45) is 5.94. The van der Waals surface area contributed by atoms with Gasteiger partial charge in [0.15, 0.2) is 0 Å². The summed E-state index contributed by atoms with van der Waals surface area (Å²) in [6.45, 7) is 3.41. The summed E-state index contributed by atoms with van der Waals surface area (Å²) >= 11 is 0. The summed E-state index contributed by atoms with van der Waals surface area (Å²) in [6, 6.07) is 0.515. The Hall–Kier alpha value is -1.14. The molecule has 2 heterocycles. The van der Waals surface area contributed by atoms with Crippen LogP contribution in [0.3, 0.4) is 0 Å². The maximum Gasteiger partial charge on any atom is 0.329 e. The summed E-state index contributed by atoms with van der Waals surface area (Å²) in [4.78, 5) is 26.3. The van der Waals surface area contributed by atoms with E-state index in [0.717, 1.165) is 58.4 Å². The molecule has 2 aliphatic heterocycles. The maximum absolute atomic E-state index is 12.5. The molecule has 0 radical (unpaired) electrons. The van der Waals surface area contributed by atoms with Crippen LogP contribution in [0.4, 0.5) is 0 Å². The molecule has 3 rings (SSSR count). The molecule has 0 bridgehead atoms. The molecule has 1 atom stereocenters. The molecule has 3 aliphatic rings. The number of aliphatic carboxylic acids is 1. The Kier molecular flexibility index (Phi) is 4.68. The largest absolute Gasteiger partial charge is 0.480 e. The number of piperidine rings is 1. The van der Waals surface area contributed by atoms with E-state index >= 15 is 0 Å². The van der Waals surface area contributed by atoms with Crippen LogP contribution < -0.4 is 5.32 Å². The maximum atomic E-state index is 12.5. The lowest BCUT2D eigenvalue weighted by molar-refractivity contribution is -0.153. The van der Waals surface area contributed by atoms with Crippen molar-refractivity contribution in [1.29, 1.82) is 0 Å². The standard InChI is InChI=1S/C16H26N2O4/c19-14(17-16(15(20)21)6-2-7-16)12-3-1-8-18(11-12)13-4-9-22-10-5-13/h12-13H,1-11H2,(H,17,19)(H,20,21)/t12-/m0/s1. The highest BCUT2D eigenvalue weighted by atomic mass is 16.5. The third kappa shape index (κ3) is 3.13. The molecule has 1 aliphatic carbocycles. The predicted octanol–water partition coefficient (Wildman–Crippen LogP) is 1.00. The van der Waals surface area contributed by atoms with Gasteiger partial charge >= 0.3 is 5.97 Å². The molecule has 6 nitrogen and oxygen atoms in total. The number of hydrogen-bond acceptors (Lipinski definition) is 4. The summed E-state index contributed by atoms with van der Waals surface area (Å²) in [5.41, 5.74) is -0.988. The highest BCUT2D eigenvalue weighted by molar-refractivity contribution is 5.89. The molecule has 124 valence electrons. The SMILES string of the molecule is O=C(NC1(C(=O)O)CCC1)[C@H]1CCCN(C2CCOCC2)C1. The molecule has 0 aromatic rings. The van der Waals surface area contributed by atoms with Gasteiger partial charge in [-0.3, -0.25) is 9.69 Å². The first-order valence-corrected chi connectivity index (χ1v) is 8.48. The summed E-state index contributed by atoms with van der Waals surface area (Å²) in [5, 5.41) is 12.2. The summed E-state index contributed by atoms with van der Waals surface area (Å²) in [5.74, 6) is -1.03. The fraction of sp³-hybridized carbons (Fsp3) is 0.875. The predicted molar refractivity (Wildman–Crippen MR) is 80.5 cm³/mol. The second kappa shape index (κ2) is 6.54. The van der Waals surface area contributed by atoms with Crippen molar-refractivity contribution in [2.45, 2.75) is 56.5 Å². The van der Waals surface area contributed by atoms with Gasteiger partial charge in [0.25, 0.3) is 0 Å². The van der Waals surface area contributed by atoms with E-state index < -0.39 is 11.5 Å². The van der Waals surface area contributed by atoms with Gasteiger partial charge in [-0.1, -0.05) is 0 Å². The summed E-state index contributed by atoms with van der Waals surface area (Å²) < 4.78 is 5.41. The number of nitrogens with zero attached hydrogens (tertiary/aromatic N) is 1. The van der Waals surface area contributed by atoms with Gasteiger partial charge in [0.2, 0.25) is 5.91 Å². The molecule has 0 spiro atoms. The Bertz CT molecular complexity index is 430. The Morgan fingerprint density at radius 2 is 1.86 bits per heavy atom. The highest BCUT2D eigenvalue weighted by Crippen LogP contribution is 2.33. The van der Waals surface area contributed by atoms with Crippen LogP contribution in [0, 0.1) is 5.92 Å². The average molecular weight is 310 g/mol. The lowest BCUT2D eigenvalue weighted by Crippen LogP contribution is -2.61. The Labute approximate surface area is 131 Å². The van der Waals surface area contributed by atoms with Crippen LogP contribution in [-0.4, -0.2) is 59.8 Å². The molecule has 6 heteroatoms. The van der Waals surface area contributed by atoms with Crippen LogP contribution in [0.1, 0.15) is 44.9 Å². The molecule has 0 aromatic heterocycles. The van der Waals surface area contributed by atoms with Crippen molar-refractivity contribution in [3.8, 4) is 0 Å². The molecule has 22 heavy (non-hydrogen) atoms. The number of amides is 1. The van der Waals surface area contributed by atoms with Crippen LogP contribution in [0.2, 0.25) is 0 Å². The highest BCUT2D eigenvalue weighted by Gasteiger charge is 2.46. The number of ether oxygens (including phenoxy) is 1. The third-order valence-electron chi connectivity index (χ3n) is 5.51. The minimum Gasteiger partial charge on any atom is -0.480 e. The molecule has 1 amide bonds. The van der Waals surface area contributed by atoms with Crippen molar-refractivity contribution < 1.29 is 19.4 Å². The van der Waals surface area contributed by atoms with Gasteiger partial charge in [0.1, 0.15) is 5.54 Å². The van der Waals surface area contributed by atoms with Crippen LogP contribution >= 0.6 is 0 Å². The normalized spacial score (nSPS) is 29.5. The van der Waals surface area contributed by atoms with Crippen LogP contribution in [0.15, 0.2) is 0 Å².